The summed E-state index contributed by atoms with van der Waals surface area (Å²) < 4.78 is 5.06. The molecule has 0 aromatic carbocycles. The topological polar surface area (TPSA) is 50.4 Å². The van der Waals surface area contributed by atoms with E-state index < -0.39 is 5.97 Å². The highest BCUT2D eigenvalue weighted by Gasteiger charge is 2.07. The van der Waals surface area contributed by atoms with Crippen LogP contribution in [0.25, 0.3) is 0 Å². The Balaban J connectivity index is 2.48. The van der Waals surface area contributed by atoms with Crippen LogP contribution in [0.15, 0.2) is 33.8 Å². The highest BCUT2D eigenvalue weighted by molar-refractivity contribution is 7.99. The Morgan fingerprint density at radius 2 is 2.46 bits per heavy atom. The molecule has 0 amide bonds. The molecule has 1 heterocycles. The smallest absolute Gasteiger partial charge is 0.331 e. The summed E-state index contributed by atoms with van der Waals surface area (Å²) in [5.41, 5.74) is 0.200. The van der Waals surface area contributed by atoms with E-state index in [1.165, 1.54) is 11.8 Å². The summed E-state index contributed by atoms with van der Waals surface area (Å²) in [7, 11) is 0. The first kappa shape index (κ1) is 9.92. The lowest BCUT2D eigenvalue weighted by atomic mass is 10.4. The van der Waals surface area contributed by atoms with Gasteiger partial charge in [-0.05, 0) is 13.0 Å². The molecule has 1 aromatic heterocycles. The maximum Gasteiger partial charge on any atom is 0.331 e. The number of hydrogen-bond donors (Lipinski definition) is 1. The average Bonchev–Trinajstić information content (AvgIpc) is 2.47. The van der Waals surface area contributed by atoms with Crippen LogP contribution in [0.1, 0.15) is 5.76 Å². The maximum absolute atomic E-state index is 10.4. The molecule has 1 rings (SSSR count). The fourth-order valence-electron chi connectivity index (χ4n) is 0.750. The minimum atomic E-state index is -0.950. The van der Waals surface area contributed by atoms with Gasteiger partial charge in [0.2, 0.25) is 0 Å². The van der Waals surface area contributed by atoms with E-state index in [0.29, 0.717) is 5.75 Å². The van der Waals surface area contributed by atoms with Crippen LogP contribution in [-0.4, -0.2) is 16.8 Å². The molecular weight excluding hydrogens is 188 g/mol. The third kappa shape index (κ3) is 2.66. The van der Waals surface area contributed by atoms with Gasteiger partial charge >= 0.3 is 5.97 Å². The number of aryl methyl sites for hydroxylation is 1. The van der Waals surface area contributed by atoms with Crippen LogP contribution in [0.3, 0.4) is 0 Å². The molecule has 0 spiro atoms. The predicted octanol–water partition coefficient (Wildman–Crippen LogP) is 2.32. The first-order chi connectivity index (χ1) is 6.11. The summed E-state index contributed by atoms with van der Waals surface area (Å²) in [6, 6.07) is 1.81. The van der Waals surface area contributed by atoms with Gasteiger partial charge in [-0.1, -0.05) is 6.58 Å². The molecule has 4 heteroatoms. The molecule has 0 saturated heterocycles. The molecule has 0 radical (unpaired) electrons. The number of carboxylic acid groups (broad SMARTS) is 1. The maximum atomic E-state index is 10.4. The number of rotatable bonds is 4. The average molecular weight is 198 g/mol. The highest BCUT2D eigenvalue weighted by atomic mass is 32.2. The number of thioether (sulfide) groups is 1. The SMILES string of the molecule is C=C(CSc1ccoc1C)C(=O)O. The van der Waals surface area contributed by atoms with Gasteiger partial charge in [0, 0.05) is 16.2 Å². The van der Waals surface area contributed by atoms with Crippen molar-refractivity contribution < 1.29 is 14.3 Å². The second kappa shape index (κ2) is 4.18. The largest absolute Gasteiger partial charge is 0.478 e. The van der Waals surface area contributed by atoms with Gasteiger partial charge in [-0.15, -0.1) is 11.8 Å². The molecule has 70 valence electrons. The zero-order chi connectivity index (χ0) is 9.84. The molecule has 0 aliphatic carbocycles. The summed E-state index contributed by atoms with van der Waals surface area (Å²) in [6.07, 6.45) is 1.58. The van der Waals surface area contributed by atoms with Gasteiger partial charge in [0.15, 0.2) is 0 Å². The van der Waals surface area contributed by atoms with Crippen LogP contribution in [0.2, 0.25) is 0 Å². The Hall–Kier alpha value is -1.16. The molecule has 0 saturated carbocycles. The second-order valence-electron chi connectivity index (χ2n) is 2.54. The van der Waals surface area contributed by atoms with Crippen LogP contribution >= 0.6 is 11.8 Å². The summed E-state index contributed by atoms with van der Waals surface area (Å²) >= 11 is 1.42. The van der Waals surface area contributed by atoms with Gasteiger partial charge in [0.1, 0.15) is 5.76 Å². The summed E-state index contributed by atoms with van der Waals surface area (Å²) in [6.45, 7) is 5.27. The third-order valence-electron chi connectivity index (χ3n) is 1.52. The molecule has 3 nitrogen and oxygen atoms in total. The van der Waals surface area contributed by atoms with Crippen molar-refractivity contribution in [2.24, 2.45) is 0 Å². The van der Waals surface area contributed by atoms with Crippen molar-refractivity contribution in [1.82, 2.24) is 0 Å². The first-order valence-corrected chi connectivity index (χ1v) is 4.68. The van der Waals surface area contributed by atoms with E-state index in [1.54, 1.807) is 6.26 Å². The van der Waals surface area contributed by atoms with Gasteiger partial charge < -0.3 is 9.52 Å². The molecule has 1 N–H and O–H groups in total. The Morgan fingerprint density at radius 3 is 2.92 bits per heavy atom. The Morgan fingerprint density at radius 1 is 1.77 bits per heavy atom. The molecule has 0 atom stereocenters. The van der Waals surface area contributed by atoms with Crippen LogP contribution < -0.4 is 0 Å². The van der Waals surface area contributed by atoms with Crippen molar-refractivity contribution in [3.63, 3.8) is 0 Å². The fraction of sp³-hybridized carbons (Fsp3) is 0.222. The molecule has 1 aromatic rings. The minimum absolute atomic E-state index is 0.200. The van der Waals surface area contributed by atoms with Crippen LogP contribution in [-0.2, 0) is 4.79 Å². The van der Waals surface area contributed by atoms with Gasteiger partial charge in [0.25, 0.3) is 0 Å². The summed E-state index contributed by atoms with van der Waals surface area (Å²) in [5.74, 6) is 0.243. The second-order valence-corrected chi connectivity index (χ2v) is 3.56. The number of carboxylic acids is 1. The van der Waals surface area contributed by atoms with Crippen LogP contribution in [0.5, 0.6) is 0 Å². The van der Waals surface area contributed by atoms with Gasteiger partial charge in [-0.2, -0.15) is 0 Å². The lowest BCUT2D eigenvalue weighted by Crippen LogP contribution is -2.00. The molecule has 0 bridgehead atoms. The van der Waals surface area contributed by atoms with E-state index in [0.717, 1.165) is 10.7 Å². The molecule has 0 fully saturated rings. The zero-order valence-electron chi connectivity index (χ0n) is 7.24. The summed E-state index contributed by atoms with van der Waals surface area (Å²) in [4.78, 5) is 11.4. The quantitative estimate of drug-likeness (QED) is 0.596. The predicted molar refractivity (Wildman–Crippen MR) is 50.9 cm³/mol. The number of carbonyl (C=O) groups is 1. The summed E-state index contributed by atoms with van der Waals surface area (Å²) in [5, 5.41) is 8.54. The van der Waals surface area contributed by atoms with Crippen molar-refractivity contribution in [2.75, 3.05) is 5.75 Å². The van der Waals surface area contributed by atoms with Crippen molar-refractivity contribution >= 4 is 17.7 Å². The van der Waals surface area contributed by atoms with E-state index in [1.807, 2.05) is 13.0 Å². The van der Waals surface area contributed by atoms with Crippen molar-refractivity contribution in [3.8, 4) is 0 Å². The molecule has 0 aliphatic rings. The lowest BCUT2D eigenvalue weighted by molar-refractivity contribution is -0.132. The van der Waals surface area contributed by atoms with Gasteiger partial charge in [-0.3, -0.25) is 0 Å². The Kier molecular flexibility index (Phi) is 3.19. The van der Waals surface area contributed by atoms with E-state index in [-0.39, 0.29) is 5.57 Å². The minimum Gasteiger partial charge on any atom is -0.478 e. The zero-order valence-corrected chi connectivity index (χ0v) is 8.06. The molecule has 0 unspecified atom stereocenters. The van der Waals surface area contributed by atoms with Crippen molar-refractivity contribution in [3.05, 3.63) is 30.2 Å². The first-order valence-electron chi connectivity index (χ1n) is 3.69. The molecule has 0 aliphatic heterocycles. The van der Waals surface area contributed by atoms with E-state index in [4.69, 9.17) is 9.52 Å². The Labute approximate surface area is 80.4 Å². The Bertz CT molecular complexity index is 327. The van der Waals surface area contributed by atoms with Crippen LogP contribution in [0.4, 0.5) is 0 Å². The van der Waals surface area contributed by atoms with E-state index >= 15 is 0 Å². The van der Waals surface area contributed by atoms with Crippen LogP contribution in [0, 0.1) is 6.92 Å². The molecule has 13 heavy (non-hydrogen) atoms. The third-order valence-corrected chi connectivity index (χ3v) is 2.74. The van der Waals surface area contributed by atoms with Crippen molar-refractivity contribution in [2.45, 2.75) is 11.8 Å². The van der Waals surface area contributed by atoms with E-state index in [2.05, 4.69) is 6.58 Å². The standard InChI is InChI=1S/C9H10O3S/c1-6(9(10)11)5-13-8-3-4-12-7(8)2/h3-4H,1,5H2,2H3,(H,10,11). The molecular formula is C9H10O3S. The lowest BCUT2D eigenvalue weighted by Gasteiger charge is -1.98. The number of hydrogen-bond acceptors (Lipinski definition) is 3. The van der Waals surface area contributed by atoms with Gasteiger partial charge in [0.05, 0.1) is 6.26 Å². The number of aliphatic carboxylic acids is 1. The van der Waals surface area contributed by atoms with Crippen molar-refractivity contribution in [1.29, 1.82) is 0 Å². The van der Waals surface area contributed by atoms with Gasteiger partial charge in [-0.25, -0.2) is 4.79 Å². The monoisotopic (exact) mass is 198 g/mol. The fourth-order valence-corrected chi connectivity index (χ4v) is 1.61. The normalized spacial score (nSPS) is 9.92. The number of furan rings is 1. The highest BCUT2D eigenvalue weighted by Crippen LogP contribution is 2.24. The van der Waals surface area contributed by atoms with E-state index in [9.17, 15) is 4.79 Å².